The van der Waals surface area contributed by atoms with Gasteiger partial charge in [-0.1, -0.05) is 19.8 Å². The van der Waals surface area contributed by atoms with Crippen LogP contribution in [-0.4, -0.2) is 47.2 Å². The van der Waals surface area contributed by atoms with Crippen molar-refractivity contribution in [1.82, 2.24) is 9.80 Å². The molecule has 5 heteroatoms. The highest BCUT2D eigenvalue weighted by Crippen LogP contribution is 2.37. The molecule has 21 heavy (non-hydrogen) atoms. The summed E-state index contributed by atoms with van der Waals surface area (Å²) in [6, 6.07) is 0. The van der Waals surface area contributed by atoms with Crippen molar-refractivity contribution in [2.75, 3.05) is 19.6 Å². The van der Waals surface area contributed by atoms with Crippen molar-refractivity contribution in [2.24, 2.45) is 17.8 Å². The molecule has 2 saturated heterocycles. The van der Waals surface area contributed by atoms with E-state index in [9.17, 15) is 14.4 Å². The standard InChI is InChI=1S/C16H24N2O3/c1-11-6-8-17(9-7-11)14(19)10-18-15(20)12-4-2-3-5-13(12)16(18)21/h11-13H,2-10H2,1H3. The summed E-state index contributed by atoms with van der Waals surface area (Å²) in [4.78, 5) is 40.1. The Balaban J connectivity index is 1.63. The minimum absolute atomic E-state index is 0.0426. The molecule has 0 aromatic carbocycles. The molecule has 3 fully saturated rings. The molecule has 1 saturated carbocycles. The molecule has 2 unspecified atom stereocenters. The number of imide groups is 1. The first-order valence-electron chi connectivity index (χ1n) is 8.21. The summed E-state index contributed by atoms with van der Waals surface area (Å²) in [5.41, 5.74) is 0. The summed E-state index contributed by atoms with van der Waals surface area (Å²) in [6.45, 7) is 3.66. The second kappa shape index (κ2) is 5.78. The fraction of sp³-hybridized carbons (Fsp3) is 0.812. The van der Waals surface area contributed by atoms with E-state index in [1.807, 2.05) is 4.90 Å². The van der Waals surface area contributed by atoms with Gasteiger partial charge < -0.3 is 4.90 Å². The van der Waals surface area contributed by atoms with Gasteiger partial charge in [0.05, 0.1) is 11.8 Å². The number of amides is 3. The topological polar surface area (TPSA) is 57.7 Å². The third-order valence-corrected chi connectivity index (χ3v) is 5.36. The quantitative estimate of drug-likeness (QED) is 0.723. The first kappa shape index (κ1) is 14.5. The second-order valence-corrected chi connectivity index (χ2v) is 6.82. The van der Waals surface area contributed by atoms with Crippen LogP contribution in [0.2, 0.25) is 0 Å². The molecule has 116 valence electrons. The van der Waals surface area contributed by atoms with Gasteiger partial charge in [-0.15, -0.1) is 0 Å². The zero-order chi connectivity index (χ0) is 15.0. The molecule has 0 aromatic heterocycles. The van der Waals surface area contributed by atoms with Crippen LogP contribution in [0.25, 0.3) is 0 Å². The summed E-state index contributed by atoms with van der Waals surface area (Å²) >= 11 is 0. The lowest BCUT2D eigenvalue weighted by molar-refractivity contribution is -0.147. The lowest BCUT2D eigenvalue weighted by Gasteiger charge is -2.31. The van der Waals surface area contributed by atoms with E-state index in [1.165, 1.54) is 4.90 Å². The molecule has 1 aliphatic carbocycles. The Morgan fingerprint density at radius 3 is 2.05 bits per heavy atom. The fourth-order valence-corrected chi connectivity index (χ4v) is 3.88. The Kier molecular flexibility index (Phi) is 4.00. The molecule has 2 heterocycles. The van der Waals surface area contributed by atoms with Crippen LogP contribution in [0.3, 0.4) is 0 Å². The van der Waals surface area contributed by atoms with Crippen molar-refractivity contribution in [3.63, 3.8) is 0 Å². The molecule has 0 radical (unpaired) electrons. The lowest BCUT2D eigenvalue weighted by Crippen LogP contribution is -2.45. The van der Waals surface area contributed by atoms with Crippen LogP contribution < -0.4 is 0 Å². The summed E-state index contributed by atoms with van der Waals surface area (Å²) in [7, 11) is 0. The molecule has 0 spiro atoms. The van der Waals surface area contributed by atoms with Gasteiger partial charge in [0.25, 0.3) is 0 Å². The number of hydrogen-bond donors (Lipinski definition) is 0. The number of hydrogen-bond acceptors (Lipinski definition) is 3. The predicted molar refractivity (Wildman–Crippen MR) is 77.1 cm³/mol. The number of carbonyl (C=O) groups is 3. The van der Waals surface area contributed by atoms with Gasteiger partial charge in [-0.2, -0.15) is 0 Å². The third-order valence-electron chi connectivity index (χ3n) is 5.36. The Labute approximate surface area is 125 Å². The summed E-state index contributed by atoms with van der Waals surface area (Å²) in [5.74, 6) is 0.0712. The Hall–Kier alpha value is -1.39. The largest absolute Gasteiger partial charge is 0.341 e. The highest BCUT2D eigenvalue weighted by molar-refractivity contribution is 6.07. The molecule has 5 nitrogen and oxygen atoms in total. The van der Waals surface area contributed by atoms with Crippen LogP contribution in [-0.2, 0) is 14.4 Å². The molecule has 3 aliphatic rings. The van der Waals surface area contributed by atoms with Crippen LogP contribution in [0, 0.1) is 17.8 Å². The van der Waals surface area contributed by atoms with Crippen molar-refractivity contribution in [3.05, 3.63) is 0 Å². The maximum absolute atomic E-state index is 12.4. The smallest absolute Gasteiger partial charge is 0.242 e. The van der Waals surface area contributed by atoms with Crippen LogP contribution in [0.15, 0.2) is 0 Å². The van der Waals surface area contributed by atoms with E-state index in [4.69, 9.17) is 0 Å². The van der Waals surface area contributed by atoms with Crippen LogP contribution in [0.4, 0.5) is 0 Å². The first-order valence-corrected chi connectivity index (χ1v) is 8.21. The first-order chi connectivity index (χ1) is 10.1. The maximum Gasteiger partial charge on any atom is 0.242 e. The van der Waals surface area contributed by atoms with Crippen molar-refractivity contribution in [1.29, 1.82) is 0 Å². The zero-order valence-electron chi connectivity index (χ0n) is 12.7. The van der Waals surface area contributed by atoms with E-state index in [1.54, 1.807) is 0 Å². The van der Waals surface area contributed by atoms with Crippen molar-refractivity contribution in [2.45, 2.75) is 45.4 Å². The maximum atomic E-state index is 12.4. The van der Waals surface area contributed by atoms with E-state index in [-0.39, 0.29) is 36.1 Å². The number of nitrogens with zero attached hydrogens (tertiary/aromatic N) is 2. The highest BCUT2D eigenvalue weighted by Gasteiger charge is 2.48. The molecule has 2 atom stereocenters. The Bertz CT molecular complexity index is 430. The van der Waals surface area contributed by atoms with Gasteiger partial charge in [0.1, 0.15) is 6.54 Å². The Morgan fingerprint density at radius 2 is 1.52 bits per heavy atom. The predicted octanol–water partition coefficient (Wildman–Crippen LogP) is 1.42. The van der Waals surface area contributed by atoms with Gasteiger partial charge in [0, 0.05) is 13.1 Å². The minimum Gasteiger partial charge on any atom is -0.341 e. The zero-order valence-corrected chi connectivity index (χ0v) is 12.7. The molecule has 0 N–H and O–H groups in total. The average molecular weight is 292 g/mol. The van der Waals surface area contributed by atoms with Gasteiger partial charge in [-0.3, -0.25) is 19.3 Å². The summed E-state index contributed by atoms with van der Waals surface area (Å²) in [6.07, 6.45) is 5.68. The van der Waals surface area contributed by atoms with E-state index in [0.717, 1.165) is 51.6 Å². The monoisotopic (exact) mass is 292 g/mol. The number of likely N-dealkylation sites (tertiary alicyclic amines) is 2. The fourth-order valence-electron chi connectivity index (χ4n) is 3.88. The van der Waals surface area contributed by atoms with E-state index < -0.39 is 0 Å². The molecule has 0 aromatic rings. The van der Waals surface area contributed by atoms with Gasteiger partial charge in [0.2, 0.25) is 17.7 Å². The molecule has 3 amide bonds. The highest BCUT2D eigenvalue weighted by atomic mass is 16.2. The van der Waals surface area contributed by atoms with Gasteiger partial charge in [0.15, 0.2) is 0 Å². The summed E-state index contributed by atoms with van der Waals surface area (Å²) < 4.78 is 0. The molecule has 3 rings (SSSR count). The molecule has 2 aliphatic heterocycles. The lowest BCUT2D eigenvalue weighted by atomic mass is 9.81. The number of carbonyl (C=O) groups excluding carboxylic acids is 3. The minimum atomic E-state index is -0.152. The molecular weight excluding hydrogens is 268 g/mol. The van der Waals surface area contributed by atoms with Crippen molar-refractivity contribution < 1.29 is 14.4 Å². The molecular formula is C16H24N2O3. The van der Waals surface area contributed by atoms with E-state index in [0.29, 0.717) is 5.92 Å². The SMILES string of the molecule is CC1CCN(C(=O)CN2C(=O)C3CCCCC3C2=O)CC1. The third kappa shape index (κ3) is 2.70. The van der Waals surface area contributed by atoms with Crippen LogP contribution in [0.5, 0.6) is 0 Å². The van der Waals surface area contributed by atoms with Gasteiger partial charge in [-0.25, -0.2) is 0 Å². The molecule has 0 bridgehead atoms. The van der Waals surface area contributed by atoms with Gasteiger partial charge in [-0.05, 0) is 31.6 Å². The average Bonchev–Trinajstić information content (AvgIpc) is 2.73. The number of rotatable bonds is 2. The van der Waals surface area contributed by atoms with Crippen LogP contribution in [0.1, 0.15) is 45.4 Å². The number of piperidine rings is 1. The van der Waals surface area contributed by atoms with Crippen molar-refractivity contribution in [3.8, 4) is 0 Å². The van der Waals surface area contributed by atoms with Gasteiger partial charge >= 0.3 is 0 Å². The van der Waals surface area contributed by atoms with Crippen molar-refractivity contribution >= 4 is 17.7 Å². The second-order valence-electron chi connectivity index (χ2n) is 6.82. The normalized spacial score (nSPS) is 30.7. The van der Waals surface area contributed by atoms with E-state index >= 15 is 0 Å². The van der Waals surface area contributed by atoms with E-state index in [2.05, 4.69) is 6.92 Å². The number of fused-ring (bicyclic) bond motifs is 1. The summed E-state index contributed by atoms with van der Waals surface area (Å²) in [5, 5.41) is 0. The Morgan fingerprint density at radius 1 is 1.00 bits per heavy atom. The van der Waals surface area contributed by atoms with Crippen LogP contribution >= 0.6 is 0 Å².